The third kappa shape index (κ3) is 2.93. The van der Waals surface area contributed by atoms with E-state index in [0.29, 0.717) is 16.8 Å². The van der Waals surface area contributed by atoms with E-state index in [-0.39, 0.29) is 15.7 Å². The van der Waals surface area contributed by atoms with Crippen molar-refractivity contribution in [1.29, 1.82) is 5.26 Å². The predicted molar refractivity (Wildman–Crippen MR) is 77.9 cm³/mol. The van der Waals surface area contributed by atoms with Crippen LogP contribution in [-0.2, 0) is 15.6 Å². The molecular formula is C14H11ClN2O2S. The van der Waals surface area contributed by atoms with Crippen LogP contribution < -0.4 is 5.73 Å². The molecular weight excluding hydrogens is 296 g/mol. The van der Waals surface area contributed by atoms with Crippen LogP contribution in [0.5, 0.6) is 0 Å². The highest BCUT2D eigenvalue weighted by atomic mass is 35.5. The van der Waals surface area contributed by atoms with Gasteiger partial charge in [0.2, 0.25) is 0 Å². The molecule has 0 bridgehead atoms. The molecule has 0 saturated heterocycles. The summed E-state index contributed by atoms with van der Waals surface area (Å²) in [6.45, 7) is 0. The van der Waals surface area contributed by atoms with Crippen LogP contribution in [0.4, 0.5) is 5.69 Å². The third-order valence-corrected chi connectivity index (χ3v) is 4.92. The Morgan fingerprint density at radius 3 is 2.55 bits per heavy atom. The molecule has 2 rings (SSSR count). The highest BCUT2D eigenvalue weighted by molar-refractivity contribution is 7.90. The van der Waals surface area contributed by atoms with Gasteiger partial charge in [-0.25, -0.2) is 8.42 Å². The number of rotatable bonds is 3. The summed E-state index contributed by atoms with van der Waals surface area (Å²) in [5.74, 6) is -0.277. The Kier molecular flexibility index (Phi) is 3.98. The summed E-state index contributed by atoms with van der Waals surface area (Å²) >= 11 is 5.93. The number of halogens is 1. The fraction of sp³-hybridized carbons (Fsp3) is 0.0714. The Morgan fingerprint density at radius 2 is 1.90 bits per heavy atom. The molecule has 0 spiro atoms. The molecule has 0 aliphatic heterocycles. The van der Waals surface area contributed by atoms with Gasteiger partial charge in [0.05, 0.1) is 27.3 Å². The van der Waals surface area contributed by atoms with Gasteiger partial charge in [0.25, 0.3) is 0 Å². The Morgan fingerprint density at radius 1 is 1.20 bits per heavy atom. The molecule has 0 unspecified atom stereocenters. The second-order valence-electron chi connectivity index (χ2n) is 4.22. The maximum Gasteiger partial charge on any atom is 0.184 e. The van der Waals surface area contributed by atoms with E-state index >= 15 is 0 Å². The summed E-state index contributed by atoms with van der Waals surface area (Å²) < 4.78 is 24.7. The van der Waals surface area contributed by atoms with E-state index in [1.54, 1.807) is 24.3 Å². The van der Waals surface area contributed by atoms with Gasteiger partial charge >= 0.3 is 0 Å². The van der Waals surface area contributed by atoms with Crippen molar-refractivity contribution in [2.45, 2.75) is 10.6 Å². The number of sulfone groups is 1. The van der Waals surface area contributed by atoms with E-state index in [9.17, 15) is 8.42 Å². The highest BCUT2D eigenvalue weighted by Crippen LogP contribution is 2.27. The van der Waals surface area contributed by atoms with Crippen LogP contribution in [0.1, 0.15) is 11.1 Å². The first-order valence-electron chi connectivity index (χ1n) is 5.70. The lowest BCUT2D eigenvalue weighted by Gasteiger charge is -2.08. The minimum atomic E-state index is -3.63. The summed E-state index contributed by atoms with van der Waals surface area (Å²) in [4.78, 5) is 0.0149. The zero-order valence-electron chi connectivity index (χ0n) is 10.4. The van der Waals surface area contributed by atoms with Gasteiger partial charge in [-0.2, -0.15) is 5.26 Å². The quantitative estimate of drug-likeness (QED) is 0.884. The molecule has 0 aliphatic carbocycles. The van der Waals surface area contributed by atoms with Crippen molar-refractivity contribution in [1.82, 2.24) is 0 Å². The van der Waals surface area contributed by atoms with Crippen molar-refractivity contribution in [3.05, 3.63) is 58.6 Å². The molecule has 0 aromatic heterocycles. The van der Waals surface area contributed by atoms with Gasteiger partial charge in [-0.05, 0) is 29.8 Å². The second kappa shape index (κ2) is 5.53. The zero-order chi connectivity index (χ0) is 14.8. The van der Waals surface area contributed by atoms with E-state index in [1.807, 2.05) is 6.07 Å². The average Bonchev–Trinajstić information content (AvgIpc) is 2.38. The fourth-order valence-corrected chi connectivity index (χ4v) is 3.80. The molecule has 0 heterocycles. The van der Waals surface area contributed by atoms with Crippen LogP contribution in [-0.4, -0.2) is 8.42 Å². The first kappa shape index (κ1) is 14.4. The Balaban J connectivity index is 2.44. The number of nitrogens with zero attached hydrogens (tertiary/aromatic N) is 1. The summed E-state index contributed by atoms with van der Waals surface area (Å²) in [7, 11) is -3.63. The molecule has 0 saturated carbocycles. The molecule has 2 aromatic rings. The largest absolute Gasteiger partial charge is 0.399 e. The molecule has 2 N–H and O–H groups in total. The van der Waals surface area contributed by atoms with E-state index in [0.717, 1.165) is 0 Å². The van der Waals surface area contributed by atoms with Crippen LogP contribution in [0, 0.1) is 11.3 Å². The van der Waals surface area contributed by atoms with Gasteiger partial charge in [0.1, 0.15) is 0 Å². The Labute approximate surface area is 122 Å². The van der Waals surface area contributed by atoms with Crippen LogP contribution in [0.2, 0.25) is 5.02 Å². The number of anilines is 1. The lowest BCUT2D eigenvalue weighted by Crippen LogP contribution is -2.07. The maximum absolute atomic E-state index is 12.4. The third-order valence-electron chi connectivity index (χ3n) is 2.77. The van der Waals surface area contributed by atoms with Crippen molar-refractivity contribution < 1.29 is 8.42 Å². The van der Waals surface area contributed by atoms with Crippen LogP contribution in [0.25, 0.3) is 0 Å². The van der Waals surface area contributed by atoms with E-state index in [2.05, 4.69) is 0 Å². The molecule has 6 heteroatoms. The van der Waals surface area contributed by atoms with Crippen LogP contribution >= 0.6 is 11.6 Å². The molecule has 0 aliphatic rings. The minimum absolute atomic E-state index is 0.0149. The number of nitrogen functional groups attached to an aromatic ring is 1. The lowest BCUT2D eigenvalue weighted by atomic mass is 10.1. The normalized spacial score (nSPS) is 11.0. The van der Waals surface area contributed by atoms with Crippen molar-refractivity contribution in [2.75, 3.05) is 5.73 Å². The molecule has 0 atom stereocenters. The van der Waals surface area contributed by atoms with Gasteiger partial charge in [-0.3, -0.25) is 0 Å². The van der Waals surface area contributed by atoms with Gasteiger partial charge in [-0.15, -0.1) is 0 Å². The summed E-state index contributed by atoms with van der Waals surface area (Å²) in [5, 5.41) is 9.07. The topological polar surface area (TPSA) is 84.0 Å². The number of benzene rings is 2. The van der Waals surface area contributed by atoms with Crippen LogP contribution in [0.15, 0.2) is 47.4 Å². The SMILES string of the molecule is N#Cc1ccccc1CS(=O)(=O)c1ccc(N)cc1Cl. The molecule has 0 radical (unpaired) electrons. The molecule has 0 amide bonds. The first-order valence-corrected chi connectivity index (χ1v) is 7.73. The van der Waals surface area contributed by atoms with Crippen LogP contribution in [0.3, 0.4) is 0 Å². The number of nitriles is 1. The summed E-state index contributed by atoms with van der Waals surface area (Å²) in [6.07, 6.45) is 0. The van der Waals surface area contributed by atoms with Crippen molar-refractivity contribution in [2.24, 2.45) is 0 Å². The number of hydrogen-bond acceptors (Lipinski definition) is 4. The monoisotopic (exact) mass is 306 g/mol. The van der Waals surface area contributed by atoms with E-state index in [1.165, 1.54) is 18.2 Å². The Hall–Kier alpha value is -2.03. The maximum atomic E-state index is 12.4. The van der Waals surface area contributed by atoms with Gasteiger partial charge in [0.15, 0.2) is 9.84 Å². The molecule has 0 fully saturated rings. The Bertz CT molecular complexity index is 795. The zero-order valence-corrected chi connectivity index (χ0v) is 11.9. The van der Waals surface area contributed by atoms with Crippen molar-refractivity contribution in [3.8, 4) is 6.07 Å². The van der Waals surface area contributed by atoms with Gasteiger partial charge < -0.3 is 5.73 Å². The molecule has 4 nitrogen and oxygen atoms in total. The molecule has 102 valence electrons. The van der Waals surface area contributed by atoms with Gasteiger partial charge in [0, 0.05) is 5.69 Å². The lowest BCUT2D eigenvalue weighted by molar-refractivity contribution is 0.595. The average molecular weight is 307 g/mol. The summed E-state index contributed by atoms with van der Waals surface area (Å²) in [5.41, 5.74) is 6.72. The summed E-state index contributed by atoms with van der Waals surface area (Å²) in [6, 6.07) is 12.8. The second-order valence-corrected chi connectivity index (χ2v) is 6.58. The smallest absolute Gasteiger partial charge is 0.184 e. The minimum Gasteiger partial charge on any atom is -0.399 e. The standard InChI is InChI=1S/C14H11ClN2O2S/c15-13-7-12(17)5-6-14(13)20(18,19)9-11-4-2-1-3-10(11)8-16/h1-7H,9,17H2. The highest BCUT2D eigenvalue weighted by Gasteiger charge is 2.20. The fourth-order valence-electron chi connectivity index (χ4n) is 1.81. The number of hydrogen-bond donors (Lipinski definition) is 1. The first-order chi connectivity index (χ1) is 9.44. The van der Waals surface area contributed by atoms with E-state index in [4.69, 9.17) is 22.6 Å². The number of nitrogens with two attached hydrogens (primary N) is 1. The van der Waals surface area contributed by atoms with Crippen molar-refractivity contribution in [3.63, 3.8) is 0 Å². The van der Waals surface area contributed by atoms with E-state index < -0.39 is 9.84 Å². The molecule has 2 aromatic carbocycles. The van der Waals surface area contributed by atoms with Gasteiger partial charge in [-0.1, -0.05) is 29.8 Å². The molecule has 20 heavy (non-hydrogen) atoms. The van der Waals surface area contributed by atoms with Crippen molar-refractivity contribution >= 4 is 27.1 Å². The predicted octanol–water partition coefficient (Wildman–Crippen LogP) is 2.77.